The zero-order valence-corrected chi connectivity index (χ0v) is 19.4. The van der Waals surface area contributed by atoms with Crippen LogP contribution in [0.3, 0.4) is 0 Å². The smallest absolute Gasteiger partial charge is 0.274 e. The number of fused-ring (bicyclic) bond motifs is 1. The van der Waals surface area contributed by atoms with Crippen LogP contribution in [0.1, 0.15) is 50.0 Å². The van der Waals surface area contributed by atoms with Crippen LogP contribution in [0.2, 0.25) is 0 Å². The van der Waals surface area contributed by atoms with Crippen LogP contribution in [-0.2, 0) is 6.42 Å². The van der Waals surface area contributed by atoms with Gasteiger partial charge in [-0.2, -0.15) is 0 Å². The van der Waals surface area contributed by atoms with Gasteiger partial charge in [-0.3, -0.25) is 14.6 Å². The van der Waals surface area contributed by atoms with E-state index in [1.807, 2.05) is 30.3 Å². The Morgan fingerprint density at radius 3 is 2.32 bits per heavy atom. The number of halogens is 3. The van der Waals surface area contributed by atoms with Gasteiger partial charge in [0.05, 0.1) is 0 Å². The standard InChI is InChI=1S/C28H21F3N4O2/c29-18-13-20(30)26(21(31)14-18)35-28(37)24-9-3-8-23(33-24)27(36)34-22-11-10-16-5-1-2-7-19(16)25(22)17-6-4-12-32-15-17/h1-9,12-15,22,25H,10-11H2,(H,34,36)(H,35,37). The highest BCUT2D eigenvalue weighted by molar-refractivity contribution is 6.04. The van der Waals surface area contributed by atoms with Crippen molar-refractivity contribution in [2.24, 2.45) is 0 Å². The molecule has 0 bridgehead atoms. The van der Waals surface area contributed by atoms with Gasteiger partial charge in [0.2, 0.25) is 0 Å². The zero-order chi connectivity index (χ0) is 25.9. The summed E-state index contributed by atoms with van der Waals surface area (Å²) in [5.74, 6) is -5.21. The molecule has 1 aliphatic carbocycles. The maximum atomic E-state index is 14.0. The molecule has 1 aliphatic rings. The van der Waals surface area contributed by atoms with E-state index in [2.05, 4.69) is 26.7 Å². The summed E-state index contributed by atoms with van der Waals surface area (Å²) >= 11 is 0. The summed E-state index contributed by atoms with van der Waals surface area (Å²) in [6, 6.07) is 16.7. The predicted octanol–water partition coefficient (Wildman–Crippen LogP) is 5.02. The molecule has 37 heavy (non-hydrogen) atoms. The first-order valence-corrected chi connectivity index (χ1v) is 11.6. The summed E-state index contributed by atoms with van der Waals surface area (Å²) in [5, 5.41) is 5.09. The van der Waals surface area contributed by atoms with Gasteiger partial charge in [-0.25, -0.2) is 18.2 Å². The predicted molar refractivity (Wildman–Crippen MR) is 131 cm³/mol. The van der Waals surface area contributed by atoms with Gasteiger partial charge in [0.25, 0.3) is 11.8 Å². The molecule has 0 aliphatic heterocycles. The Kier molecular flexibility index (Phi) is 6.68. The van der Waals surface area contributed by atoms with E-state index in [0.717, 1.165) is 17.5 Å². The van der Waals surface area contributed by atoms with E-state index in [4.69, 9.17) is 0 Å². The van der Waals surface area contributed by atoms with Gasteiger partial charge in [-0.15, -0.1) is 0 Å². The molecule has 9 heteroatoms. The Morgan fingerprint density at radius 1 is 0.865 bits per heavy atom. The number of aryl methyl sites for hydroxylation is 1. The van der Waals surface area contributed by atoms with Gasteiger partial charge in [-0.05, 0) is 47.7 Å². The molecule has 186 valence electrons. The number of rotatable bonds is 5. The third kappa shape index (κ3) is 5.06. The van der Waals surface area contributed by atoms with E-state index in [-0.39, 0.29) is 23.3 Å². The van der Waals surface area contributed by atoms with Crippen LogP contribution in [0.5, 0.6) is 0 Å². The molecule has 2 aromatic carbocycles. The number of pyridine rings is 2. The molecule has 5 rings (SSSR count). The first-order chi connectivity index (χ1) is 17.9. The van der Waals surface area contributed by atoms with Crippen molar-refractivity contribution in [2.75, 3.05) is 5.32 Å². The summed E-state index contributed by atoms with van der Waals surface area (Å²) in [5.41, 5.74) is 2.22. The number of hydrogen-bond acceptors (Lipinski definition) is 4. The first-order valence-electron chi connectivity index (χ1n) is 11.6. The molecular weight excluding hydrogens is 481 g/mol. The Labute approximate surface area is 210 Å². The SMILES string of the molecule is O=C(Nc1c(F)cc(F)cc1F)c1cccc(C(=O)NC2CCc3ccccc3C2c2cccnc2)n1. The fourth-order valence-corrected chi connectivity index (χ4v) is 4.66. The Hall–Kier alpha value is -4.53. The van der Waals surface area contributed by atoms with Crippen LogP contribution in [0, 0.1) is 17.5 Å². The van der Waals surface area contributed by atoms with E-state index < -0.39 is 35.0 Å². The summed E-state index contributed by atoms with van der Waals surface area (Å²) in [4.78, 5) is 34.1. The van der Waals surface area contributed by atoms with E-state index in [1.165, 1.54) is 23.8 Å². The number of benzene rings is 2. The second-order valence-corrected chi connectivity index (χ2v) is 8.69. The summed E-state index contributed by atoms with van der Waals surface area (Å²) in [6.45, 7) is 0. The number of hydrogen-bond donors (Lipinski definition) is 2. The monoisotopic (exact) mass is 502 g/mol. The maximum absolute atomic E-state index is 14.0. The van der Waals surface area contributed by atoms with Crippen LogP contribution < -0.4 is 10.6 Å². The van der Waals surface area contributed by atoms with Crippen molar-refractivity contribution in [2.45, 2.75) is 24.8 Å². The van der Waals surface area contributed by atoms with Gasteiger partial charge < -0.3 is 10.6 Å². The average Bonchev–Trinajstić information content (AvgIpc) is 2.91. The minimum Gasteiger partial charge on any atom is -0.347 e. The molecule has 2 aromatic heterocycles. The van der Waals surface area contributed by atoms with Crippen LogP contribution in [-0.4, -0.2) is 27.8 Å². The number of carbonyl (C=O) groups is 2. The first kappa shape index (κ1) is 24.2. The number of amides is 2. The number of carbonyl (C=O) groups excluding carboxylic acids is 2. The van der Waals surface area contributed by atoms with Crippen molar-refractivity contribution in [1.82, 2.24) is 15.3 Å². The van der Waals surface area contributed by atoms with Crippen molar-refractivity contribution in [1.29, 1.82) is 0 Å². The maximum Gasteiger partial charge on any atom is 0.274 e. The molecule has 0 saturated heterocycles. The summed E-state index contributed by atoms with van der Waals surface area (Å²) in [7, 11) is 0. The van der Waals surface area contributed by atoms with Crippen LogP contribution >= 0.6 is 0 Å². The minimum atomic E-state index is -1.27. The lowest BCUT2D eigenvalue weighted by atomic mass is 9.76. The van der Waals surface area contributed by atoms with E-state index >= 15 is 0 Å². The number of anilines is 1. The average molecular weight is 502 g/mol. The number of aromatic nitrogens is 2. The third-order valence-corrected chi connectivity index (χ3v) is 6.34. The second-order valence-electron chi connectivity index (χ2n) is 8.69. The number of nitrogens with zero attached hydrogens (tertiary/aromatic N) is 2. The van der Waals surface area contributed by atoms with E-state index in [1.54, 1.807) is 12.4 Å². The van der Waals surface area contributed by atoms with Crippen LogP contribution in [0.4, 0.5) is 18.9 Å². The molecule has 4 aromatic rings. The van der Waals surface area contributed by atoms with Gasteiger partial charge in [0.15, 0.2) is 11.6 Å². The molecule has 2 amide bonds. The molecule has 2 atom stereocenters. The van der Waals surface area contributed by atoms with Crippen molar-refractivity contribution < 1.29 is 22.8 Å². The lowest BCUT2D eigenvalue weighted by molar-refractivity contribution is 0.0924. The third-order valence-electron chi connectivity index (χ3n) is 6.34. The fourth-order valence-electron chi connectivity index (χ4n) is 4.66. The molecule has 0 spiro atoms. The van der Waals surface area contributed by atoms with Crippen molar-refractivity contribution in [3.63, 3.8) is 0 Å². The lowest BCUT2D eigenvalue weighted by Crippen LogP contribution is -2.42. The van der Waals surface area contributed by atoms with Crippen LogP contribution in [0.25, 0.3) is 0 Å². The Balaban J connectivity index is 1.37. The Morgan fingerprint density at radius 2 is 1.59 bits per heavy atom. The molecule has 6 nitrogen and oxygen atoms in total. The van der Waals surface area contributed by atoms with Gasteiger partial charge in [0, 0.05) is 36.5 Å². The summed E-state index contributed by atoms with van der Waals surface area (Å²) in [6.07, 6.45) is 4.94. The molecule has 2 unspecified atom stereocenters. The number of nitrogens with one attached hydrogen (secondary N) is 2. The molecule has 2 N–H and O–H groups in total. The van der Waals surface area contributed by atoms with Gasteiger partial charge >= 0.3 is 0 Å². The molecule has 0 saturated carbocycles. The molecule has 2 heterocycles. The lowest BCUT2D eigenvalue weighted by Gasteiger charge is -2.34. The zero-order valence-electron chi connectivity index (χ0n) is 19.4. The van der Waals surface area contributed by atoms with E-state index in [9.17, 15) is 22.8 Å². The summed E-state index contributed by atoms with van der Waals surface area (Å²) < 4.78 is 41.1. The highest BCUT2D eigenvalue weighted by Gasteiger charge is 2.32. The van der Waals surface area contributed by atoms with Crippen molar-refractivity contribution >= 4 is 17.5 Å². The Bertz CT molecular complexity index is 1460. The molecule has 0 fully saturated rings. The largest absolute Gasteiger partial charge is 0.347 e. The quantitative estimate of drug-likeness (QED) is 0.401. The van der Waals surface area contributed by atoms with E-state index in [0.29, 0.717) is 18.6 Å². The van der Waals surface area contributed by atoms with Gasteiger partial charge in [-0.1, -0.05) is 36.4 Å². The molecule has 0 radical (unpaired) electrons. The van der Waals surface area contributed by atoms with Crippen molar-refractivity contribution in [3.8, 4) is 0 Å². The van der Waals surface area contributed by atoms with Gasteiger partial charge in [0.1, 0.15) is 22.9 Å². The highest BCUT2D eigenvalue weighted by atomic mass is 19.1. The highest BCUT2D eigenvalue weighted by Crippen LogP contribution is 2.36. The second kappa shape index (κ2) is 10.2. The topological polar surface area (TPSA) is 84.0 Å². The molecular formula is C28H21F3N4O2. The fraction of sp³-hybridized carbons (Fsp3) is 0.143. The normalized spacial score (nSPS) is 16.5. The minimum absolute atomic E-state index is 0.0310. The van der Waals surface area contributed by atoms with Crippen molar-refractivity contribution in [3.05, 3.63) is 125 Å². The van der Waals surface area contributed by atoms with Crippen LogP contribution in [0.15, 0.2) is 79.1 Å².